The van der Waals surface area contributed by atoms with E-state index in [0.29, 0.717) is 0 Å². The maximum atomic E-state index is 12.3. The number of pyridine rings is 1. The first kappa shape index (κ1) is 10.3. The smallest absolute Gasteiger partial charge is 0.265 e. The van der Waals surface area contributed by atoms with Crippen molar-refractivity contribution in [3.05, 3.63) is 28.0 Å². The minimum Gasteiger partial charge on any atom is -0.392 e. The van der Waals surface area contributed by atoms with Crippen LogP contribution >= 0.6 is 11.6 Å². The lowest BCUT2D eigenvalue weighted by Gasteiger charge is -2.07. The van der Waals surface area contributed by atoms with Gasteiger partial charge >= 0.3 is 0 Å². The molecule has 1 aromatic heterocycles. The van der Waals surface area contributed by atoms with Crippen molar-refractivity contribution in [1.29, 1.82) is 0 Å². The van der Waals surface area contributed by atoms with Gasteiger partial charge in [0.15, 0.2) is 0 Å². The van der Waals surface area contributed by atoms with Gasteiger partial charge in [-0.25, -0.2) is 13.8 Å². The molecule has 2 nitrogen and oxygen atoms in total. The molecule has 0 spiro atoms. The van der Waals surface area contributed by atoms with Crippen LogP contribution in [0.4, 0.5) is 8.78 Å². The van der Waals surface area contributed by atoms with Crippen molar-refractivity contribution in [3.63, 3.8) is 0 Å². The van der Waals surface area contributed by atoms with Gasteiger partial charge in [0, 0.05) is 16.8 Å². The summed E-state index contributed by atoms with van der Waals surface area (Å²) in [5, 5.41) is 8.82. The molecular weight excluding hydrogens is 200 g/mol. The predicted molar refractivity (Wildman–Crippen MR) is 44.9 cm³/mol. The molecule has 13 heavy (non-hydrogen) atoms. The van der Waals surface area contributed by atoms with Crippen LogP contribution in [0.5, 0.6) is 0 Å². The highest BCUT2D eigenvalue weighted by Gasteiger charge is 2.14. The first-order chi connectivity index (χ1) is 6.06. The third-order valence-corrected chi connectivity index (χ3v) is 2.01. The van der Waals surface area contributed by atoms with Gasteiger partial charge in [-0.3, -0.25) is 0 Å². The molecule has 1 heterocycles. The van der Waals surface area contributed by atoms with E-state index in [0.717, 1.165) is 0 Å². The van der Waals surface area contributed by atoms with Gasteiger partial charge in [0.1, 0.15) is 5.15 Å². The van der Waals surface area contributed by atoms with E-state index in [1.165, 1.54) is 13.0 Å². The molecule has 72 valence electrons. The number of nitrogens with zero attached hydrogens (tertiary/aromatic N) is 1. The van der Waals surface area contributed by atoms with Crippen LogP contribution < -0.4 is 0 Å². The van der Waals surface area contributed by atoms with E-state index in [9.17, 15) is 8.78 Å². The standard InChI is InChI=1S/C8H8ClF2NO/c1-4-6(8(10)11)2-5(3-13)7(9)12-4/h2,8,13H,3H2,1H3. The Hall–Kier alpha value is -0.740. The van der Waals surface area contributed by atoms with Crippen molar-refractivity contribution in [3.8, 4) is 0 Å². The zero-order valence-corrected chi connectivity index (χ0v) is 7.65. The zero-order valence-electron chi connectivity index (χ0n) is 6.89. The highest BCUT2D eigenvalue weighted by Crippen LogP contribution is 2.25. The van der Waals surface area contributed by atoms with Crippen LogP contribution in [0.3, 0.4) is 0 Å². The molecule has 0 saturated heterocycles. The Morgan fingerprint density at radius 3 is 2.69 bits per heavy atom. The van der Waals surface area contributed by atoms with Crippen LogP contribution in [-0.2, 0) is 6.61 Å². The number of alkyl halides is 2. The van der Waals surface area contributed by atoms with Crippen LogP contribution in [0.2, 0.25) is 5.15 Å². The van der Waals surface area contributed by atoms with E-state index in [-0.39, 0.29) is 28.6 Å². The van der Waals surface area contributed by atoms with Gasteiger partial charge in [-0.05, 0) is 13.0 Å². The van der Waals surface area contributed by atoms with Crippen molar-refractivity contribution in [2.75, 3.05) is 0 Å². The van der Waals surface area contributed by atoms with Gasteiger partial charge in [0.25, 0.3) is 6.43 Å². The summed E-state index contributed by atoms with van der Waals surface area (Å²) in [4.78, 5) is 3.69. The van der Waals surface area contributed by atoms with E-state index < -0.39 is 6.43 Å². The molecular formula is C8H8ClF2NO. The summed E-state index contributed by atoms with van der Waals surface area (Å²) in [5.41, 5.74) is 0.230. The normalized spacial score (nSPS) is 10.9. The fourth-order valence-corrected chi connectivity index (χ4v) is 1.21. The van der Waals surface area contributed by atoms with Crippen LogP contribution in [0.1, 0.15) is 23.2 Å². The second kappa shape index (κ2) is 3.98. The van der Waals surface area contributed by atoms with Crippen molar-refractivity contribution in [1.82, 2.24) is 4.98 Å². The average molecular weight is 208 g/mol. The lowest BCUT2D eigenvalue weighted by molar-refractivity contribution is 0.149. The number of hydrogen-bond acceptors (Lipinski definition) is 2. The molecule has 0 aliphatic heterocycles. The Kier molecular flexibility index (Phi) is 3.17. The molecule has 5 heteroatoms. The SMILES string of the molecule is Cc1nc(Cl)c(CO)cc1C(F)F. The minimum absolute atomic E-state index is 0.0735. The number of halogens is 3. The van der Waals surface area contributed by atoms with E-state index in [1.807, 2.05) is 0 Å². The predicted octanol–water partition coefficient (Wildman–Crippen LogP) is 2.47. The van der Waals surface area contributed by atoms with Gasteiger partial charge in [0.05, 0.1) is 6.61 Å². The topological polar surface area (TPSA) is 33.1 Å². The highest BCUT2D eigenvalue weighted by molar-refractivity contribution is 6.30. The number of hydrogen-bond donors (Lipinski definition) is 1. The third kappa shape index (κ3) is 2.14. The third-order valence-electron chi connectivity index (χ3n) is 1.68. The largest absolute Gasteiger partial charge is 0.392 e. The van der Waals surface area contributed by atoms with Gasteiger partial charge in [-0.15, -0.1) is 0 Å². The Bertz CT molecular complexity index is 317. The Labute approximate surface area is 79.2 Å². The average Bonchev–Trinajstić information content (AvgIpc) is 2.03. The van der Waals surface area contributed by atoms with Crippen molar-refractivity contribution in [2.45, 2.75) is 20.0 Å². The summed E-state index contributed by atoms with van der Waals surface area (Å²) < 4.78 is 24.6. The summed E-state index contributed by atoms with van der Waals surface area (Å²) in [5.74, 6) is 0. The summed E-state index contributed by atoms with van der Waals surface area (Å²) in [6.45, 7) is 1.07. The quantitative estimate of drug-likeness (QED) is 0.756. The number of rotatable bonds is 2. The molecule has 0 saturated carbocycles. The lowest BCUT2D eigenvalue weighted by atomic mass is 10.1. The van der Waals surface area contributed by atoms with Crippen LogP contribution in [-0.4, -0.2) is 10.1 Å². The number of aryl methyl sites for hydroxylation is 1. The van der Waals surface area contributed by atoms with E-state index in [4.69, 9.17) is 16.7 Å². The van der Waals surface area contributed by atoms with E-state index in [1.54, 1.807) is 0 Å². The van der Waals surface area contributed by atoms with E-state index in [2.05, 4.69) is 4.98 Å². The summed E-state index contributed by atoms with van der Waals surface area (Å²) in [7, 11) is 0. The fourth-order valence-electron chi connectivity index (χ4n) is 0.967. The van der Waals surface area contributed by atoms with Crippen LogP contribution in [0, 0.1) is 6.92 Å². The lowest BCUT2D eigenvalue weighted by Crippen LogP contribution is -1.98. The first-order valence-electron chi connectivity index (χ1n) is 3.61. The number of aliphatic hydroxyl groups is 1. The molecule has 0 aliphatic carbocycles. The van der Waals surface area contributed by atoms with Crippen molar-refractivity contribution < 1.29 is 13.9 Å². The molecule has 1 rings (SSSR count). The molecule has 0 bridgehead atoms. The second-order valence-corrected chi connectivity index (χ2v) is 2.93. The summed E-state index contributed by atoms with van der Waals surface area (Å²) >= 11 is 5.59. The van der Waals surface area contributed by atoms with Crippen molar-refractivity contribution in [2.24, 2.45) is 0 Å². The summed E-state index contributed by atoms with van der Waals surface area (Å²) in [6, 6.07) is 1.18. The monoisotopic (exact) mass is 207 g/mol. The zero-order chi connectivity index (χ0) is 10.0. The number of aliphatic hydroxyl groups excluding tert-OH is 1. The van der Waals surface area contributed by atoms with Crippen LogP contribution in [0.25, 0.3) is 0 Å². The maximum Gasteiger partial charge on any atom is 0.265 e. The molecule has 1 aromatic rings. The molecule has 0 amide bonds. The van der Waals surface area contributed by atoms with Crippen LogP contribution in [0.15, 0.2) is 6.07 Å². The molecule has 0 atom stereocenters. The van der Waals surface area contributed by atoms with Gasteiger partial charge in [-0.2, -0.15) is 0 Å². The minimum atomic E-state index is -2.59. The fraction of sp³-hybridized carbons (Fsp3) is 0.375. The summed E-state index contributed by atoms with van der Waals surface area (Å²) in [6.07, 6.45) is -2.59. The highest BCUT2D eigenvalue weighted by atomic mass is 35.5. The Morgan fingerprint density at radius 1 is 1.62 bits per heavy atom. The van der Waals surface area contributed by atoms with Crippen molar-refractivity contribution >= 4 is 11.6 Å². The Morgan fingerprint density at radius 2 is 2.23 bits per heavy atom. The first-order valence-corrected chi connectivity index (χ1v) is 3.99. The molecule has 0 radical (unpaired) electrons. The van der Waals surface area contributed by atoms with E-state index >= 15 is 0 Å². The molecule has 0 aromatic carbocycles. The molecule has 1 N–H and O–H groups in total. The Balaban J connectivity index is 3.22. The van der Waals surface area contributed by atoms with Gasteiger partial charge < -0.3 is 5.11 Å². The van der Waals surface area contributed by atoms with Gasteiger partial charge in [-0.1, -0.05) is 11.6 Å². The molecule has 0 aliphatic rings. The second-order valence-electron chi connectivity index (χ2n) is 2.57. The van der Waals surface area contributed by atoms with Gasteiger partial charge in [0.2, 0.25) is 0 Å². The maximum absolute atomic E-state index is 12.3. The molecule has 0 unspecified atom stereocenters. The number of aromatic nitrogens is 1. The molecule has 0 fully saturated rings.